The molecule has 0 amide bonds. The average molecular weight is 439 g/mol. The van der Waals surface area contributed by atoms with Crippen LogP contribution < -0.4 is 0 Å². The van der Waals surface area contributed by atoms with Crippen molar-refractivity contribution in [1.29, 1.82) is 0 Å². The van der Waals surface area contributed by atoms with Crippen LogP contribution in [0.2, 0.25) is 0 Å². The number of alkyl halides is 3. The second-order valence-electron chi connectivity index (χ2n) is 7.44. The van der Waals surface area contributed by atoms with Gasteiger partial charge in [0, 0.05) is 11.6 Å². The fourth-order valence-electron chi connectivity index (χ4n) is 3.75. The van der Waals surface area contributed by atoms with Gasteiger partial charge in [0.2, 0.25) is 5.69 Å². The van der Waals surface area contributed by atoms with Crippen molar-refractivity contribution in [2.24, 2.45) is 9.98 Å². The largest absolute Gasteiger partial charge is 0.619 e. The van der Waals surface area contributed by atoms with Crippen LogP contribution in [0.5, 0.6) is 0 Å². The molecule has 4 rings (SSSR count). The second-order valence-corrected chi connectivity index (χ2v) is 7.44. The molecular weight excluding hydrogens is 419 g/mol. The van der Waals surface area contributed by atoms with Crippen LogP contribution in [0.25, 0.3) is 11.1 Å². The zero-order chi connectivity index (χ0) is 22.9. The van der Waals surface area contributed by atoms with Crippen LogP contribution in [0.1, 0.15) is 24.0 Å². The minimum atomic E-state index is -4.79. The number of hydrogen-bond acceptors (Lipinski definition) is 4. The summed E-state index contributed by atoms with van der Waals surface area (Å²) in [7, 11) is 0. The van der Waals surface area contributed by atoms with E-state index in [1.54, 1.807) is 12.1 Å². The van der Waals surface area contributed by atoms with Gasteiger partial charge in [-0.1, -0.05) is 36.4 Å². The Bertz CT molecular complexity index is 1210. The molecule has 0 N–H and O–H groups in total. The lowest BCUT2D eigenvalue weighted by Gasteiger charge is -2.17. The normalized spacial score (nSPS) is 16.1. The van der Waals surface area contributed by atoms with Crippen molar-refractivity contribution in [3.63, 3.8) is 0 Å². The molecule has 1 aliphatic carbocycles. The molecule has 0 unspecified atom stereocenters. The van der Waals surface area contributed by atoms with Crippen LogP contribution >= 0.6 is 0 Å². The van der Waals surface area contributed by atoms with E-state index in [0.717, 1.165) is 16.7 Å². The van der Waals surface area contributed by atoms with E-state index in [1.165, 1.54) is 6.08 Å². The van der Waals surface area contributed by atoms with Crippen LogP contribution in [0.15, 0.2) is 75.9 Å². The number of aryl methyl sites for hydroxylation is 1. The van der Waals surface area contributed by atoms with E-state index in [2.05, 4.69) is 21.4 Å². The molecule has 0 bridgehead atoms. The van der Waals surface area contributed by atoms with Crippen molar-refractivity contribution in [3.05, 3.63) is 82.3 Å². The monoisotopic (exact) mass is 439 g/mol. The number of benzene rings is 2. The van der Waals surface area contributed by atoms with Crippen LogP contribution in [0.4, 0.5) is 18.9 Å². The predicted molar refractivity (Wildman–Crippen MR) is 118 cm³/mol. The van der Waals surface area contributed by atoms with Crippen molar-refractivity contribution in [2.45, 2.75) is 26.1 Å². The first kappa shape index (κ1) is 21.5. The van der Waals surface area contributed by atoms with Gasteiger partial charge in [0.25, 0.3) is 0 Å². The summed E-state index contributed by atoms with van der Waals surface area (Å²) in [6.07, 6.45) is -0.725. The first-order valence-electron chi connectivity index (χ1n) is 10.00. The van der Waals surface area contributed by atoms with Crippen molar-refractivity contribution < 1.29 is 22.6 Å². The van der Waals surface area contributed by atoms with Crippen LogP contribution in [-0.2, 0) is 4.74 Å². The van der Waals surface area contributed by atoms with E-state index in [-0.39, 0.29) is 23.7 Å². The summed E-state index contributed by atoms with van der Waals surface area (Å²) < 4.78 is 43.0. The minimum Gasteiger partial charge on any atom is -0.619 e. The first-order valence-corrected chi connectivity index (χ1v) is 10.00. The third-order valence-electron chi connectivity index (χ3n) is 5.23. The number of nitrogens with zero attached hydrogens (tertiary/aromatic N) is 3. The van der Waals surface area contributed by atoms with Crippen molar-refractivity contribution in [2.75, 3.05) is 6.54 Å². The highest BCUT2D eigenvalue weighted by atomic mass is 19.4. The number of hydrogen-bond donors (Lipinski definition) is 0. The maximum atomic E-state index is 12.8. The summed E-state index contributed by atoms with van der Waals surface area (Å²) in [6, 6.07) is 13.0. The lowest BCUT2D eigenvalue weighted by Crippen LogP contribution is -2.17. The molecule has 2 aromatic rings. The molecule has 0 fully saturated rings. The lowest BCUT2D eigenvalue weighted by atomic mass is 9.96. The molecule has 1 aliphatic heterocycles. The quantitative estimate of drug-likeness (QED) is 0.254. The van der Waals surface area contributed by atoms with Gasteiger partial charge in [0.1, 0.15) is 12.5 Å². The summed E-state index contributed by atoms with van der Waals surface area (Å²) in [5.74, 6) is -0.0973. The number of ether oxygens (including phenoxy) is 1. The lowest BCUT2D eigenvalue weighted by molar-refractivity contribution is -0.349. The number of aliphatic imine (C=N–C) groups is 2. The van der Waals surface area contributed by atoms with Gasteiger partial charge in [-0.05, 0) is 43.0 Å². The molecule has 1 heterocycles. The van der Waals surface area contributed by atoms with E-state index in [9.17, 15) is 18.4 Å². The summed E-state index contributed by atoms with van der Waals surface area (Å²) in [6.45, 7) is 5.64. The number of allylic oxidation sites excluding steroid dienone is 2. The van der Waals surface area contributed by atoms with E-state index < -0.39 is 6.36 Å². The molecule has 8 heteroatoms. The molecular formula is C24H20F3N3O2. The fourth-order valence-corrected chi connectivity index (χ4v) is 3.75. The fraction of sp³-hybridized carbons (Fsp3) is 0.208. The predicted octanol–water partition coefficient (Wildman–Crippen LogP) is 5.85. The van der Waals surface area contributed by atoms with Gasteiger partial charge in [0.15, 0.2) is 5.84 Å². The number of halogens is 3. The average Bonchev–Trinajstić information content (AvgIpc) is 3.23. The van der Waals surface area contributed by atoms with Crippen LogP contribution in [-0.4, -0.2) is 35.9 Å². The van der Waals surface area contributed by atoms with E-state index in [1.807, 2.05) is 43.3 Å². The number of rotatable bonds is 5. The highest BCUT2D eigenvalue weighted by molar-refractivity contribution is 6.18. The van der Waals surface area contributed by atoms with Crippen LogP contribution in [0.3, 0.4) is 0 Å². The van der Waals surface area contributed by atoms with Crippen molar-refractivity contribution >= 4 is 24.0 Å². The Morgan fingerprint density at radius 2 is 1.81 bits per heavy atom. The summed E-state index contributed by atoms with van der Waals surface area (Å²) >= 11 is 0. The summed E-state index contributed by atoms with van der Waals surface area (Å²) in [4.78, 5) is 8.77. The standard InChI is InChI=1S/C24H20F3N3O2/c1-15-7-3-4-8-17(15)18-12-11-16(13-21(18)30(2)31)20-14-28-23(29-20)19-9-5-6-10-22(19)32-24(25,26)27/h3-4,7-13H,2,5-6,14H2,1H3. The van der Waals surface area contributed by atoms with Crippen LogP contribution in [0, 0.1) is 12.1 Å². The molecule has 0 atom stereocenters. The summed E-state index contributed by atoms with van der Waals surface area (Å²) in [5.41, 5.74) is 4.45. The zero-order valence-electron chi connectivity index (χ0n) is 17.3. The molecule has 0 saturated carbocycles. The van der Waals surface area contributed by atoms with Gasteiger partial charge in [-0.2, -0.15) is 4.74 Å². The topological polar surface area (TPSA) is 60.0 Å². The highest BCUT2D eigenvalue weighted by Crippen LogP contribution is 2.34. The molecule has 0 radical (unpaired) electrons. The Hall–Kier alpha value is -3.68. The molecule has 0 aromatic heterocycles. The Balaban J connectivity index is 1.66. The maximum Gasteiger partial charge on any atom is 0.573 e. The molecule has 0 saturated heterocycles. The third-order valence-corrected chi connectivity index (χ3v) is 5.23. The number of amidine groups is 1. The van der Waals surface area contributed by atoms with E-state index >= 15 is 0 Å². The Kier molecular flexibility index (Phi) is 5.69. The van der Waals surface area contributed by atoms with E-state index in [0.29, 0.717) is 34.5 Å². The van der Waals surface area contributed by atoms with Gasteiger partial charge < -0.3 is 9.94 Å². The molecule has 5 nitrogen and oxygen atoms in total. The van der Waals surface area contributed by atoms with Crippen molar-refractivity contribution in [3.8, 4) is 11.1 Å². The third kappa shape index (κ3) is 4.49. The second kappa shape index (κ2) is 8.45. The molecule has 2 aromatic carbocycles. The Morgan fingerprint density at radius 1 is 1.06 bits per heavy atom. The molecule has 0 spiro atoms. The Labute approximate surface area is 183 Å². The maximum absolute atomic E-state index is 12.8. The molecule has 32 heavy (non-hydrogen) atoms. The molecule has 164 valence electrons. The van der Waals surface area contributed by atoms with Gasteiger partial charge in [0.05, 0.1) is 23.4 Å². The van der Waals surface area contributed by atoms with Gasteiger partial charge in [-0.25, -0.2) is 4.99 Å². The van der Waals surface area contributed by atoms with Gasteiger partial charge in [-0.15, -0.1) is 13.2 Å². The molecule has 2 aliphatic rings. The Morgan fingerprint density at radius 3 is 2.53 bits per heavy atom. The van der Waals surface area contributed by atoms with E-state index in [4.69, 9.17) is 0 Å². The zero-order valence-corrected chi connectivity index (χ0v) is 17.3. The van der Waals surface area contributed by atoms with Crippen molar-refractivity contribution in [1.82, 2.24) is 0 Å². The van der Waals surface area contributed by atoms with Gasteiger partial charge in [-0.3, -0.25) is 4.99 Å². The smallest absolute Gasteiger partial charge is 0.573 e. The van der Waals surface area contributed by atoms with Gasteiger partial charge >= 0.3 is 6.36 Å². The SMILES string of the molecule is C=[N+]([O-])c1cc(C2=NC(C3=CCCC=C3OC(F)(F)F)=NC2)ccc1-c1ccccc1C. The first-order chi connectivity index (χ1) is 15.2. The summed E-state index contributed by atoms with van der Waals surface area (Å²) in [5, 5.41) is 12.2. The minimum absolute atomic E-state index is 0.186. The highest BCUT2D eigenvalue weighted by Gasteiger charge is 2.35.